The molecular weight excluding hydrogens is 917 g/mol. The normalized spacial score (nSPS) is 24.1. The minimum Gasteiger partial charge on any atom is -0.343 e. The lowest BCUT2D eigenvalue weighted by molar-refractivity contribution is -0.144. The van der Waals surface area contributed by atoms with E-state index in [0.717, 1.165) is 62.5 Å². The van der Waals surface area contributed by atoms with E-state index in [1.807, 2.05) is 73.1 Å². The Morgan fingerprint density at radius 2 is 0.944 bits per heavy atom. The van der Waals surface area contributed by atoms with Gasteiger partial charge in [0.05, 0.1) is 36.6 Å². The number of unbranched alkanes of at least 4 members (excludes halogenated alkanes) is 1. The Hall–Kier alpha value is -6.54. The molecule has 4 saturated heterocycles. The van der Waals surface area contributed by atoms with Gasteiger partial charge in [0.25, 0.3) is 0 Å². The third-order valence-corrected chi connectivity index (χ3v) is 15.1. The Labute approximate surface area is 421 Å². The minimum absolute atomic E-state index is 0.0716. The summed E-state index contributed by atoms with van der Waals surface area (Å²) in [6.07, 6.45) is 13.8. The first-order chi connectivity index (χ1) is 34.9. The highest BCUT2D eigenvalue weighted by molar-refractivity contribution is 5.95. The van der Waals surface area contributed by atoms with Gasteiger partial charge >= 0.3 is 0 Å². The van der Waals surface area contributed by atoms with E-state index in [4.69, 9.17) is 0 Å². The van der Waals surface area contributed by atoms with Gasteiger partial charge in [-0.05, 0) is 103 Å². The predicted octanol–water partition coefficient (Wildman–Crippen LogP) is 2.81. The lowest BCUT2D eigenvalue weighted by atomic mass is 9.98. The SMILES string of the molecule is CN[C@@H](C)C(=O)N[C@H]1CCCC[C@H]2CC[C@@H](C(=O)N[C@@H](c3ccccc3)c3cn(CCCCn4cc([C@@H](NC(=O)[C@@H]5CC[C@@H]6CCCC[C@H](NC(=O)[C@H](C)NC)C(=O)N65)c5ccccc5)nn4)nn3)N2C1=O. The van der Waals surface area contributed by atoms with Gasteiger partial charge in [0.1, 0.15) is 35.6 Å². The van der Waals surface area contributed by atoms with E-state index in [1.165, 1.54) is 0 Å². The van der Waals surface area contributed by atoms with Crippen LogP contribution in [0.2, 0.25) is 0 Å². The van der Waals surface area contributed by atoms with E-state index >= 15 is 0 Å². The summed E-state index contributed by atoms with van der Waals surface area (Å²) in [4.78, 5) is 86.0. The first kappa shape index (κ1) is 51.8. The summed E-state index contributed by atoms with van der Waals surface area (Å²) in [5.74, 6) is -1.45. The maximum atomic E-state index is 14.3. The molecule has 4 aliphatic heterocycles. The monoisotopic (exact) mass is 989 g/mol. The van der Waals surface area contributed by atoms with Crippen molar-refractivity contribution in [3.05, 3.63) is 95.6 Å². The molecule has 0 aliphatic carbocycles. The van der Waals surface area contributed by atoms with Gasteiger partial charge in [-0.2, -0.15) is 0 Å². The number of rotatable bonds is 19. The van der Waals surface area contributed by atoms with Gasteiger partial charge in [-0.15, -0.1) is 10.2 Å². The third kappa shape index (κ3) is 12.2. The standard InChI is InChI=1S/C52H72N14O6/c1-33(53-3)47(67)55-39-23-13-11-21-37-25-27-43(65(37)51(39)71)49(69)57-45(35-17-7-5-8-18-35)41-31-63(61-59-41)29-15-16-30-64-32-42(60-62-64)46(36-19-9-6-10-20-36)58-50(70)44-28-26-38-22-12-14-24-40(52(72)66(38)44)56-48(68)34(2)54-4/h5-10,17-20,31-34,37-40,43-46,53-54H,11-16,21-30H2,1-4H3,(H,55,67)(H,56,68)(H,57,69)(H,58,70)/t33-,34-,37-,38-,39-,40-,43-,44-,45-,46-/m0/s1. The van der Waals surface area contributed by atoms with Gasteiger partial charge < -0.3 is 41.7 Å². The molecule has 0 unspecified atom stereocenters. The van der Waals surface area contributed by atoms with Crippen LogP contribution in [0.3, 0.4) is 0 Å². The van der Waals surface area contributed by atoms with E-state index in [0.29, 0.717) is 63.0 Å². The Morgan fingerprint density at radius 1 is 0.556 bits per heavy atom. The van der Waals surface area contributed by atoms with Gasteiger partial charge in [-0.25, -0.2) is 0 Å². The molecule has 6 amide bonds. The van der Waals surface area contributed by atoms with Crippen LogP contribution in [0.4, 0.5) is 0 Å². The number of nitrogens with one attached hydrogen (secondary N) is 6. The van der Waals surface area contributed by atoms with Crippen molar-refractivity contribution in [1.29, 1.82) is 0 Å². The molecule has 0 radical (unpaired) electrons. The van der Waals surface area contributed by atoms with Crippen molar-refractivity contribution in [2.75, 3.05) is 14.1 Å². The lowest BCUT2D eigenvalue weighted by Crippen LogP contribution is -2.58. The molecule has 10 atom stereocenters. The van der Waals surface area contributed by atoms with Gasteiger partial charge in [-0.3, -0.25) is 38.1 Å². The van der Waals surface area contributed by atoms with Crippen molar-refractivity contribution in [2.24, 2.45) is 0 Å². The molecule has 4 aromatic rings. The average molecular weight is 989 g/mol. The molecule has 2 aromatic heterocycles. The minimum atomic E-state index is -0.696. The van der Waals surface area contributed by atoms with E-state index in [-0.39, 0.29) is 47.5 Å². The summed E-state index contributed by atoms with van der Waals surface area (Å²) in [5, 5.41) is 36.1. The number of hydrogen-bond donors (Lipinski definition) is 6. The van der Waals surface area contributed by atoms with Crippen LogP contribution in [0, 0.1) is 0 Å². The average Bonchev–Trinajstić information content (AvgIpc) is 4.24. The second kappa shape index (κ2) is 24.3. The third-order valence-electron chi connectivity index (χ3n) is 15.1. The van der Waals surface area contributed by atoms with Gasteiger partial charge in [-0.1, -0.05) is 96.8 Å². The molecular formula is C52H72N14O6. The van der Waals surface area contributed by atoms with Crippen LogP contribution in [-0.2, 0) is 41.9 Å². The zero-order valence-corrected chi connectivity index (χ0v) is 42.0. The zero-order valence-electron chi connectivity index (χ0n) is 42.0. The molecule has 0 saturated carbocycles. The summed E-state index contributed by atoms with van der Waals surface area (Å²) in [6, 6.07) is 14.2. The van der Waals surface area contributed by atoms with E-state index in [2.05, 4.69) is 52.5 Å². The number of aryl methyl sites for hydroxylation is 2. The van der Waals surface area contributed by atoms with Crippen LogP contribution in [0.5, 0.6) is 0 Å². The fourth-order valence-electron chi connectivity index (χ4n) is 10.8. The molecule has 0 bridgehead atoms. The van der Waals surface area contributed by atoms with Gasteiger partial charge in [0, 0.05) is 25.2 Å². The van der Waals surface area contributed by atoms with Crippen molar-refractivity contribution in [3.63, 3.8) is 0 Å². The largest absolute Gasteiger partial charge is 0.343 e. The first-order valence-corrected chi connectivity index (χ1v) is 26.0. The van der Waals surface area contributed by atoms with Crippen LogP contribution in [0.25, 0.3) is 0 Å². The Balaban J connectivity index is 0.892. The Morgan fingerprint density at radius 3 is 1.33 bits per heavy atom. The predicted molar refractivity (Wildman–Crippen MR) is 267 cm³/mol. The lowest BCUT2D eigenvalue weighted by Gasteiger charge is -2.36. The summed E-state index contributed by atoms with van der Waals surface area (Å²) in [7, 11) is 3.40. The van der Waals surface area contributed by atoms with Crippen molar-refractivity contribution in [1.82, 2.24) is 71.7 Å². The van der Waals surface area contributed by atoms with E-state index in [1.54, 1.807) is 47.1 Å². The number of benzene rings is 2. The zero-order chi connectivity index (χ0) is 50.7. The number of aromatic nitrogens is 6. The second-order valence-electron chi connectivity index (χ2n) is 19.9. The molecule has 6 heterocycles. The van der Waals surface area contributed by atoms with Crippen LogP contribution in [0.1, 0.15) is 138 Å². The summed E-state index contributed by atoms with van der Waals surface area (Å²) < 4.78 is 3.53. The molecule has 72 heavy (non-hydrogen) atoms. The van der Waals surface area contributed by atoms with E-state index < -0.39 is 48.3 Å². The smallest absolute Gasteiger partial charge is 0.246 e. The summed E-state index contributed by atoms with van der Waals surface area (Å²) >= 11 is 0. The van der Waals surface area contributed by atoms with Crippen molar-refractivity contribution in [2.45, 2.75) is 177 Å². The molecule has 4 fully saturated rings. The van der Waals surface area contributed by atoms with Crippen molar-refractivity contribution < 1.29 is 28.8 Å². The fourth-order valence-corrected chi connectivity index (χ4v) is 10.8. The highest BCUT2D eigenvalue weighted by atomic mass is 16.2. The number of nitrogens with zero attached hydrogens (tertiary/aromatic N) is 8. The topological polar surface area (TPSA) is 242 Å². The van der Waals surface area contributed by atoms with E-state index in [9.17, 15) is 28.8 Å². The summed E-state index contributed by atoms with van der Waals surface area (Å²) in [6.45, 7) is 4.60. The number of likely N-dealkylation sites (N-methyl/N-ethyl adjacent to an activating group) is 2. The Bertz CT molecular complexity index is 2310. The maximum absolute atomic E-state index is 14.3. The molecule has 6 N–H and O–H groups in total. The van der Waals surface area contributed by atoms with Gasteiger partial charge in [0.15, 0.2) is 0 Å². The molecule has 20 nitrogen and oxygen atoms in total. The second-order valence-corrected chi connectivity index (χ2v) is 19.9. The molecule has 2 aromatic carbocycles. The number of hydrogen-bond acceptors (Lipinski definition) is 12. The number of carbonyl (C=O) groups excluding carboxylic acids is 6. The molecule has 386 valence electrons. The van der Waals surface area contributed by atoms with Crippen LogP contribution in [0.15, 0.2) is 73.1 Å². The van der Waals surface area contributed by atoms with Gasteiger partial charge in [0.2, 0.25) is 35.4 Å². The molecule has 4 aliphatic rings. The molecule has 0 spiro atoms. The summed E-state index contributed by atoms with van der Waals surface area (Å²) in [5.41, 5.74) is 2.80. The quantitative estimate of drug-likeness (QED) is 0.0744. The fraction of sp³-hybridized carbons (Fsp3) is 0.577. The first-order valence-electron chi connectivity index (χ1n) is 26.0. The number of carbonyl (C=O) groups is 6. The van der Waals surface area contributed by atoms with Crippen LogP contribution >= 0.6 is 0 Å². The molecule has 8 rings (SSSR count). The number of fused-ring (bicyclic) bond motifs is 2. The number of amides is 6. The Kier molecular flexibility index (Phi) is 17.4. The van der Waals surface area contributed by atoms with Crippen molar-refractivity contribution in [3.8, 4) is 0 Å². The van der Waals surface area contributed by atoms with Crippen LogP contribution < -0.4 is 31.9 Å². The maximum Gasteiger partial charge on any atom is 0.246 e. The van der Waals surface area contributed by atoms with Crippen LogP contribution in [-0.4, -0.2) is 138 Å². The van der Waals surface area contributed by atoms with Crippen molar-refractivity contribution >= 4 is 35.4 Å². The highest BCUT2D eigenvalue weighted by Gasteiger charge is 2.46. The highest BCUT2D eigenvalue weighted by Crippen LogP contribution is 2.34. The molecule has 20 heteroatoms.